The van der Waals surface area contributed by atoms with E-state index in [9.17, 15) is 26.4 Å². The summed E-state index contributed by atoms with van der Waals surface area (Å²) in [5.74, 6) is -0.574. The predicted octanol–water partition coefficient (Wildman–Crippen LogP) is 6.16. The smallest absolute Gasteiger partial charge is 0.287 e. The number of rotatable bonds is 6. The summed E-state index contributed by atoms with van der Waals surface area (Å²) in [6, 6.07) is 21.6. The number of carbonyl (C=O) groups is 1. The molecule has 0 saturated heterocycles. The zero-order valence-electron chi connectivity index (χ0n) is 18.3. The Hall–Kier alpha value is -3.98. The minimum Gasteiger partial charge on any atom is -0.287 e. The molecule has 0 amide bonds. The number of alkyl halides is 3. The van der Waals surface area contributed by atoms with Gasteiger partial charge in [-0.05, 0) is 47.5 Å². The van der Waals surface area contributed by atoms with Crippen molar-refractivity contribution in [1.82, 2.24) is 0 Å². The SMILES string of the molecule is Cc1ccc(C(=O)/C(=N/OS(=O)(=O)c2ccc(C(F)(F)F)cc2)c2ccccc2)c2ccccc12. The molecule has 4 aromatic carbocycles. The standard InChI is InChI=1S/C26H18F3NO4S/c1-17-11-16-23(22-10-6-5-9-21(17)22)25(31)24(18-7-3-2-4-8-18)30-34-35(32,33)20-14-12-19(13-15-20)26(27,28)29/h2-16H,1H3/b30-24+. The largest absolute Gasteiger partial charge is 0.416 e. The summed E-state index contributed by atoms with van der Waals surface area (Å²) in [4.78, 5) is 13.0. The molecular formula is C26H18F3NO4S. The summed E-state index contributed by atoms with van der Waals surface area (Å²) in [7, 11) is -4.60. The highest BCUT2D eigenvalue weighted by Gasteiger charge is 2.31. The highest BCUT2D eigenvalue weighted by atomic mass is 32.2. The number of oxime groups is 1. The van der Waals surface area contributed by atoms with Crippen LogP contribution in [0.3, 0.4) is 0 Å². The van der Waals surface area contributed by atoms with Gasteiger partial charge in [-0.15, -0.1) is 0 Å². The van der Waals surface area contributed by atoms with E-state index in [4.69, 9.17) is 4.28 Å². The van der Waals surface area contributed by atoms with Crippen LogP contribution in [-0.4, -0.2) is 19.9 Å². The summed E-state index contributed by atoms with van der Waals surface area (Å²) in [6.45, 7) is 1.91. The van der Waals surface area contributed by atoms with Crippen molar-refractivity contribution in [2.75, 3.05) is 0 Å². The van der Waals surface area contributed by atoms with E-state index in [0.717, 1.165) is 23.1 Å². The Kier molecular flexibility index (Phi) is 6.45. The van der Waals surface area contributed by atoms with Crippen molar-refractivity contribution in [1.29, 1.82) is 0 Å². The maximum atomic E-state index is 13.5. The van der Waals surface area contributed by atoms with E-state index in [1.54, 1.807) is 54.6 Å². The molecular weight excluding hydrogens is 479 g/mol. The lowest BCUT2D eigenvalue weighted by atomic mass is 9.94. The van der Waals surface area contributed by atoms with Crippen LogP contribution < -0.4 is 0 Å². The zero-order chi connectivity index (χ0) is 25.2. The Labute approximate surface area is 199 Å². The van der Waals surface area contributed by atoms with Gasteiger partial charge in [0.1, 0.15) is 4.90 Å². The Balaban J connectivity index is 1.75. The van der Waals surface area contributed by atoms with Gasteiger partial charge in [-0.2, -0.15) is 21.6 Å². The third-order valence-electron chi connectivity index (χ3n) is 5.35. The number of hydrogen-bond donors (Lipinski definition) is 0. The molecule has 0 aliphatic carbocycles. The van der Waals surface area contributed by atoms with Gasteiger partial charge in [0, 0.05) is 11.1 Å². The molecule has 0 saturated carbocycles. The normalized spacial score (nSPS) is 12.5. The Morgan fingerprint density at radius 2 is 1.40 bits per heavy atom. The van der Waals surface area contributed by atoms with Crippen molar-refractivity contribution >= 4 is 32.4 Å². The minimum absolute atomic E-state index is 0.268. The van der Waals surface area contributed by atoms with Gasteiger partial charge in [0.2, 0.25) is 5.78 Å². The van der Waals surface area contributed by atoms with E-state index in [1.165, 1.54) is 0 Å². The predicted molar refractivity (Wildman–Crippen MR) is 126 cm³/mol. The van der Waals surface area contributed by atoms with Crippen molar-refractivity contribution in [2.45, 2.75) is 18.0 Å². The van der Waals surface area contributed by atoms with Gasteiger partial charge in [0.25, 0.3) is 0 Å². The molecule has 0 fully saturated rings. The van der Waals surface area contributed by atoms with E-state index < -0.39 is 32.5 Å². The second-order valence-electron chi connectivity index (χ2n) is 7.66. The van der Waals surface area contributed by atoms with E-state index in [0.29, 0.717) is 28.6 Å². The number of halogens is 3. The van der Waals surface area contributed by atoms with Gasteiger partial charge in [-0.1, -0.05) is 71.9 Å². The van der Waals surface area contributed by atoms with Crippen molar-refractivity contribution in [2.24, 2.45) is 5.16 Å². The van der Waals surface area contributed by atoms with Crippen molar-refractivity contribution in [3.05, 3.63) is 113 Å². The highest BCUT2D eigenvalue weighted by Crippen LogP contribution is 2.30. The maximum Gasteiger partial charge on any atom is 0.416 e. The van der Waals surface area contributed by atoms with E-state index in [2.05, 4.69) is 5.16 Å². The topological polar surface area (TPSA) is 72.8 Å². The van der Waals surface area contributed by atoms with Crippen LogP contribution in [0.1, 0.15) is 27.0 Å². The lowest BCUT2D eigenvalue weighted by Crippen LogP contribution is -2.18. The lowest BCUT2D eigenvalue weighted by Gasteiger charge is -2.11. The number of fused-ring (bicyclic) bond motifs is 1. The summed E-state index contributed by atoms with van der Waals surface area (Å²) in [6.07, 6.45) is -4.62. The molecule has 0 N–H and O–H groups in total. The molecule has 0 atom stereocenters. The first-order chi connectivity index (χ1) is 16.6. The van der Waals surface area contributed by atoms with E-state index >= 15 is 0 Å². The van der Waals surface area contributed by atoms with Gasteiger partial charge >= 0.3 is 16.3 Å². The molecule has 178 valence electrons. The van der Waals surface area contributed by atoms with Gasteiger partial charge < -0.3 is 0 Å². The molecule has 0 aliphatic rings. The van der Waals surface area contributed by atoms with Gasteiger partial charge in [0.05, 0.1) is 5.56 Å². The van der Waals surface area contributed by atoms with E-state index in [1.807, 2.05) is 19.1 Å². The number of benzene rings is 4. The first kappa shape index (κ1) is 24.2. The fourth-order valence-corrected chi connectivity index (χ4v) is 4.26. The fourth-order valence-electron chi connectivity index (χ4n) is 3.54. The van der Waals surface area contributed by atoms with Gasteiger partial charge in [-0.3, -0.25) is 9.08 Å². The van der Waals surface area contributed by atoms with Gasteiger partial charge in [-0.25, -0.2) is 0 Å². The third-order valence-corrected chi connectivity index (χ3v) is 6.47. The molecule has 0 unspecified atom stereocenters. The molecule has 0 aromatic heterocycles. The summed E-state index contributed by atoms with van der Waals surface area (Å²) < 4.78 is 68.5. The molecule has 4 rings (SSSR count). The molecule has 5 nitrogen and oxygen atoms in total. The average Bonchev–Trinajstić information content (AvgIpc) is 2.84. The third kappa shape index (κ3) is 5.09. The zero-order valence-corrected chi connectivity index (χ0v) is 19.1. The number of aryl methyl sites for hydroxylation is 1. The number of ketones is 1. The molecule has 0 heterocycles. The maximum absolute atomic E-state index is 13.5. The van der Waals surface area contributed by atoms with Crippen LogP contribution in [0.15, 0.2) is 101 Å². The Morgan fingerprint density at radius 1 is 0.800 bits per heavy atom. The lowest BCUT2D eigenvalue weighted by molar-refractivity contribution is -0.137. The highest BCUT2D eigenvalue weighted by molar-refractivity contribution is 7.86. The molecule has 0 bridgehead atoms. The van der Waals surface area contributed by atoms with E-state index in [-0.39, 0.29) is 5.71 Å². The average molecular weight is 497 g/mol. The second kappa shape index (κ2) is 9.34. The number of Topliss-reactive ketones (excluding diaryl/α,β-unsaturated/α-hetero) is 1. The van der Waals surface area contributed by atoms with Crippen LogP contribution in [0.5, 0.6) is 0 Å². The van der Waals surface area contributed by atoms with Crippen LogP contribution in [0.25, 0.3) is 10.8 Å². The second-order valence-corrected chi connectivity index (χ2v) is 9.19. The number of carbonyl (C=O) groups excluding carboxylic acids is 1. The number of nitrogens with zero attached hydrogens (tertiary/aromatic N) is 1. The quantitative estimate of drug-likeness (QED) is 0.182. The summed E-state index contributed by atoms with van der Waals surface area (Å²) in [5, 5.41) is 5.19. The first-order valence-corrected chi connectivity index (χ1v) is 11.8. The van der Waals surface area contributed by atoms with Crippen molar-refractivity contribution in [3.8, 4) is 0 Å². The fraction of sp³-hybridized carbons (Fsp3) is 0.0769. The van der Waals surface area contributed by atoms with Crippen LogP contribution >= 0.6 is 0 Å². The molecule has 9 heteroatoms. The minimum atomic E-state index is -4.62. The first-order valence-electron chi connectivity index (χ1n) is 10.4. The van der Waals surface area contributed by atoms with Crippen LogP contribution in [0, 0.1) is 6.92 Å². The molecule has 4 aromatic rings. The molecule has 0 spiro atoms. The number of hydrogen-bond acceptors (Lipinski definition) is 5. The monoisotopic (exact) mass is 497 g/mol. The van der Waals surface area contributed by atoms with Crippen molar-refractivity contribution < 1.29 is 30.7 Å². The summed E-state index contributed by atoms with van der Waals surface area (Å²) in [5.41, 5.74) is 0.284. The van der Waals surface area contributed by atoms with Crippen LogP contribution in [0.2, 0.25) is 0 Å². The van der Waals surface area contributed by atoms with Gasteiger partial charge in [0.15, 0.2) is 5.71 Å². The van der Waals surface area contributed by atoms with Crippen molar-refractivity contribution in [3.63, 3.8) is 0 Å². The molecule has 35 heavy (non-hydrogen) atoms. The van der Waals surface area contributed by atoms with Crippen LogP contribution in [0.4, 0.5) is 13.2 Å². The molecule has 0 aliphatic heterocycles. The molecule has 0 radical (unpaired) electrons. The summed E-state index contributed by atoms with van der Waals surface area (Å²) >= 11 is 0. The Bertz CT molecular complexity index is 1530. The van der Waals surface area contributed by atoms with Crippen LogP contribution in [-0.2, 0) is 20.6 Å². The Morgan fingerprint density at radius 3 is 2.03 bits per heavy atom.